The zero-order valence-electron chi connectivity index (χ0n) is 10.1. The van der Waals surface area contributed by atoms with Crippen molar-refractivity contribution >= 4 is 23.0 Å². The van der Waals surface area contributed by atoms with Crippen molar-refractivity contribution < 1.29 is 0 Å². The van der Waals surface area contributed by atoms with Gasteiger partial charge in [0.1, 0.15) is 0 Å². The minimum absolute atomic E-state index is 0.821. The molecule has 1 aromatic rings. The van der Waals surface area contributed by atoms with Gasteiger partial charge in [-0.25, -0.2) is 0 Å². The van der Waals surface area contributed by atoms with E-state index in [4.69, 9.17) is 12.2 Å². The first-order chi connectivity index (χ1) is 7.77. The quantitative estimate of drug-likeness (QED) is 0.788. The van der Waals surface area contributed by atoms with Gasteiger partial charge < -0.3 is 10.2 Å². The highest BCUT2D eigenvalue weighted by Gasteiger charge is 2.06. The molecule has 0 saturated heterocycles. The van der Waals surface area contributed by atoms with Crippen LogP contribution in [0.2, 0.25) is 0 Å². The van der Waals surface area contributed by atoms with Crippen LogP contribution in [0.15, 0.2) is 30.3 Å². The highest BCUT2D eigenvalue weighted by Crippen LogP contribution is 2.07. The Kier molecular flexibility index (Phi) is 5.86. The Balaban J connectivity index is 2.49. The van der Waals surface area contributed by atoms with E-state index in [1.54, 1.807) is 0 Å². The first kappa shape index (κ1) is 13.0. The van der Waals surface area contributed by atoms with E-state index in [1.165, 1.54) is 12.8 Å². The fourth-order valence-corrected chi connectivity index (χ4v) is 1.81. The zero-order valence-corrected chi connectivity index (χ0v) is 10.9. The summed E-state index contributed by atoms with van der Waals surface area (Å²) in [5, 5.41) is 4.08. The van der Waals surface area contributed by atoms with Crippen molar-refractivity contribution in [2.75, 3.05) is 18.4 Å². The van der Waals surface area contributed by atoms with Crippen molar-refractivity contribution in [1.29, 1.82) is 0 Å². The Bertz CT molecular complexity index is 311. The van der Waals surface area contributed by atoms with Gasteiger partial charge in [-0.1, -0.05) is 31.5 Å². The number of hydrogen-bond acceptors (Lipinski definition) is 1. The van der Waals surface area contributed by atoms with Crippen LogP contribution in [0.3, 0.4) is 0 Å². The van der Waals surface area contributed by atoms with Gasteiger partial charge in [-0.3, -0.25) is 0 Å². The molecular weight excluding hydrogens is 216 g/mol. The molecule has 0 aliphatic heterocycles. The summed E-state index contributed by atoms with van der Waals surface area (Å²) in [4.78, 5) is 2.20. The largest absolute Gasteiger partial charge is 0.349 e. The van der Waals surface area contributed by atoms with Crippen molar-refractivity contribution in [3.8, 4) is 0 Å². The molecule has 3 heteroatoms. The van der Waals surface area contributed by atoms with Crippen LogP contribution in [0, 0.1) is 0 Å². The maximum Gasteiger partial charge on any atom is 0.173 e. The lowest BCUT2D eigenvalue weighted by Gasteiger charge is -2.24. The molecule has 0 radical (unpaired) electrons. The lowest BCUT2D eigenvalue weighted by Crippen LogP contribution is -2.35. The van der Waals surface area contributed by atoms with Crippen LogP contribution in [0.1, 0.15) is 26.7 Å². The molecule has 0 saturated carbocycles. The van der Waals surface area contributed by atoms with Gasteiger partial charge in [-0.2, -0.15) is 0 Å². The number of para-hydroxylation sites is 1. The molecule has 1 aromatic carbocycles. The molecule has 0 aliphatic rings. The molecule has 0 unspecified atom stereocenters. The van der Waals surface area contributed by atoms with Gasteiger partial charge in [0.2, 0.25) is 0 Å². The van der Waals surface area contributed by atoms with Crippen molar-refractivity contribution in [3.05, 3.63) is 30.3 Å². The zero-order chi connectivity index (χ0) is 11.8. The predicted molar refractivity (Wildman–Crippen MR) is 74.8 cm³/mol. The van der Waals surface area contributed by atoms with Crippen LogP contribution in [-0.2, 0) is 0 Å². The van der Waals surface area contributed by atoms with Gasteiger partial charge in [-0.05, 0) is 37.7 Å². The highest BCUT2D eigenvalue weighted by molar-refractivity contribution is 7.80. The number of benzene rings is 1. The van der Waals surface area contributed by atoms with Gasteiger partial charge in [0.15, 0.2) is 5.11 Å². The van der Waals surface area contributed by atoms with Crippen molar-refractivity contribution in [2.24, 2.45) is 0 Å². The molecule has 0 atom stereocenters. The van der Waals surface area contributed by atoms with Crippen molar-refractivity contribution in [2.45, 2.75) is 26.7 Å². The summed E-state index contributed by atoms with van der Waals surface area (Å²) in [5.74, 6) is 0. The van der Waals surface area contributed by atoms with E-state index in [0.717, 1.165) is 23.9 Å². The van der Waals surface area contributed by atoms with Crippen LogP contribution in [0.4, 0.5) is 5.69 Å². The van der Waals surface area contributed by atoms with Gasteiger partial charge in [0.25, 0.3) is 0 Å². The topological polar surface area (TPSA) is 15.3 Å². The Morgan fingerprint density at radius 3 is 2.50 bits per heavy atom. The molecule has 1 N–H and O–H groups in total. The van der Waals surface area contributed by atoms with Crippen LogP contribution in [0.5, 0.6) is 0 Å². The second kappa shape index (κ2) is 7.23. The number of unbranched alkanes of at least 4 members (excludes halogenated alkanes) is 1. The molecule has 1 rings (SSSR count). The highest BCUT2D eigenvalue weighted by atomic mass is 32.1. The molecule has 16 heavy (non-hydrogen) atoms. The number of thiocarbonyl (C=S) groups is 1. The standard InChI is InChI=1S/C13H20N2S/c1-3-5-11-15(4-2)13(16)14-12-9-7-6-8-10-12/h6-10H,3-5,11H2,1-2H3,(H,14,16). The lowest BCUT2D eigenvalue weighted by atomic mass is 10.3. The smallest absolute Gasteiger partial charge is 0.173 e. The lowest BCUT2D eigenvalue weighted by molar-refractivity contribution is 0.434. The third kappa shape index (κ3) is 4.19. The first-order valence-electron chi connectivity index (χ1n) is 5.89. The summed E-state index contributed by atoms with van der Waals surface area (Å²) in [6.45, 7) is 6.32. The summed E-state index contributed by atoms with van der Waals surface area (Å²) in [5.41, 5.74) is 1.06. The molecule has 88 valence electrons. The minimum Gasteiger partial charge on any atom is -0.349 e. The van der Waals surface area contributed by atoms with E-state index in [9.17, 15) is 0 Å². The number of anilines is 1. The van der Waals surface area contributed by atoms with E-state index in [-0.39, 0.29) is 0 Å². The predicted octanol–water partition coefficient (Wildman–Crippen LogP) is 3.51. The number of hydrogen-bond donors (Lipinski definition) is 1. The summed E-state index contributed by atoms with van der Waals surface area (Å²) < 4.78 is 0. The van der Waals surface area contributed by atoms with E-state index in [1.807, 2.05) is 30.3 Å². The van der Waals surface area contributed by atoms with Crippen LogP contribution in [0.25, 0.3) is 0 Å². The van der Waals surface area contributed by atoms with Gasteiger partial charge in [-0.15, -0.1) is 0 Å². The number of nitrogens with zero attached hydrogens (tertiary/aromatic N) is 1. The third-order valence-corrected chi connectivity index (χ3v) is 2.84. The normalized spacial score (nSPS) is 9.88. The summed E-state index contributed by atoms with van der Waals surface area (Å²) in [6, 6.07) is 10.1. The fourth-order valence-electron chi connectivity index (χ4n) is 1.48. The van der Waals surface area contributed by atoms with E-state index >= 15 is 0 Å². The summed E-state index contributed by atoms with van der Waals surface area (Å²) >= 11 is 5.38. The SMILES string of the molecule is CCCCN(CC)C(=S)Nc1ccccc1. The third-order valence-electron chi connectivity index (χ3n) is 2.48. The summed E-state index contributed by atoms with van der Waals surface area (Å²) in [6.07, 6.45) is 2.38. The van der Waals surface area contributed by atoms with Gasteiger partial charge in [0.05, 0.1) is 0 Å². The average Bonchev–Trinajstić information content (AvgIpc) is 2.31. The van der Waals surface area contributed by atoms with E-state index < -0.39 is 0 Å². The molecule has 0 heterocycles. The Morgan fingerprint density at radius 2 is 1.94 bits per heavy atom. The fraction of sp³-hybridized carbons (Fsp3) is 0.462. The minimum atomic E-state index is 0.821. The second-order valence-corrected chi connectivity index (χ2v) is 4.12. The van der Waals surface area contributed by atoms with Gasteiger partial charge in [0, 0.05) is 18.8 Å². The number of nitrogens with one attached hydrogen (secondary N) is 1. The average molecular weight is 236 g/mol. The Labute approximate surface area is 104 Å². The monoisotopic (exact) mass is 236 g/mol. The molecule has 0 bridgehead atoms. The van der Waals surface area contributed by atoms with Gasteiger partial charge >= 0.3 is 0 Å². The molecule has 2 nitrogen and oxygen atoms in total. The maximum absolute atomic E-state index is 5.38. The first-order valence-corrected chi connectivity index (χ1v) is 6.29. The van der Waals surface area contributed by atoms with Crippen LogP contribution < -0.4 is 5.32 Å². The van der Waals surface area contributed by atoms with Crippen molar-refractivity contribution in [3.63, 3.8) is 0 Å². The van der Waals surface area contributed by atoms with E-state index in [2.05, 4.69) is 24.1 Å². The molecular formula is C13H20N2S. The molecule has 0 spiro atoms. The van der Waals surface area contributed by atoms with Crippen LogP contribution >= 0.6 is 12.2 Å². The Morgan fingerprint density at radius 1 is 1.25 bits per heavy atom. The molecule has 0 fully saturated rings. The Hall–Kier alpha value is -1.09. The van der Waals surface area contributed by atoms with Crippen LogP contribution in [-0.4, -0.2) is 23.1 Å². The second-order valence-electron chi connectivity index (χ2n) is 3.73. The number of rotatable bonds is 5. The maximum atomic E-state index is 5.38. The molecule has 0 amide bonds. The summed E-state index contributed by atoms with van der Waals surface area (Å²) in [7, 11) is 0. The van der Waals surface area contributed by atoms with E-state index in [0.29, 0.717) is 0 Å². The molecule has 0 aromatic heterocycles. The molecule has 0 aliphatic carbocycles. The van der Waals surface area contributed by atoms with Crippen molar-refractivity contribution in [1.82, 2.24) is 4.90 Å².